The predicted molar refractivity (Wildman–Crippen MR) is 124 cm³/mol. The van der Waals surface area contributed by atoms with E-state index in [1.54, 1.807) is 13.8 Å². The Hall–Kier alpha value is -4.92. The Kier molecular flexibility index (Phi) is 6.56. The Morgan fingerprint density at radius 1 is 1.28 bits per heavy atom. The number of amides is 1. The fraction of sp³-hybridized carbons (Fsp3) is 0.208. The summed E-state index contributed by atoms with van der Waals surface area (Å²) in [6, 6.07) is 5.81. The van der Waals surface area contributed by atoms with E-state index >= 15 is 0 Å². The third kappa shape index (κ3) is 4.54. The summed E-state index contributed by atoms with van der Waals surface area (Å²) in [6.45, 7) is 3.45. The molecular formula is C24H20FN7O4. The number of hydrogen-bond acceptors (Lipinski definition) is 9. The van der Waals surface area contributed by atoms with Crippen molar-refractivity contribution >= 4 is 11.6 Å². The molecule has 0 aliphatic carbocycles. The highest BCUT2D eigenvalue weighted by atomic mass is 19.1. The molecule has 0 aliphatic heterocycles. The SMILES string of the molecule is Cc1cnc([C@H](c2cc(F)ccc2C#N)[C@@H](C)c2nc(C(=O)Nc3cnoc3)c(O)c(=O)n2C)cn1. The van der Waals surface area contributed by atoms with Gasteiger partial charge in [-0.05, 0) is 30.7 Å². The van der Waals surface area contributed by atoms with Crippen LogP contribution in [-0.4, -0.2) is 35.7 Å². The van der Waals surface area contributed by atoms with E-state index in [2.05, 4.69) is 36.0 Å². The summed E-state index contributed by atoms with van der Waals surface area (Å²) in [6.07, 6.45) is 5.43. The van der Waals surface area contributed by atoms with Crippen LogP contribution in [0.3, 0.4) is 0 Å². The van der Waals surface area contributed by atoms with Crippen molar-refractivity contribution in [2.45, 2.75) is 25.7 Å². The average Bonchev–Trinajstić information content (AvgIpc) is 3.37. The van der Waals surface area contributed by atoms with Gasteiger partial charge in [-0.1, -0.05) is 12.1 Å². The van der Waals surface area contributed by atoms with Gasteiger partial charge in [-0.25, -0.2) is 9.37 Å². The first-order valence-electron chi connectivity index (χ1n) is 10.7. The quantitative estimate of drug-likeness (QED) is 0.415. The van der Waals surface area contributed by atoms with Crippen LogP contribution in [0.25, 0.3) is 0 Å². The number of anilines is 1. The lowest BCUT2D eigenvalue weighted by molar-refractivity contribution is 0.101. The Morgan fingerprint density at radius 3 is 2.69 bits per heavy atom. The van der Waals surface area contributed by atoms with Crippen molar-refractivity contribution in [3.8, 4) is 11.8 Å². The maximum atomic E-state index is 14.3. The van der Waals surface area contributed by atoms with E-state index in [4.69, 9.17) is 0 Å². The molecule has 0 unspecified atom stereocenters. The number of aryl methyl sites for hydroxylation is 1. The molecular weight excluding hydrogens is 469 g/mol. The minimum atomic E-state index is -0.865. The summed E-state index contributed by atoms with van der Waals surface area (Å²) in [7, 11) is 1.39. The van der Waals surface area contributed by atoms with Gasteiger partial charge in [-0.2, -0.15) is 5.26 Å². The predicted octanol–water partition coefficient (Wildman–Crippen LogP) is 2.77. The zero-order chi connectivity index (χ0) is 26.0. The summed E-state index contributed by atoms with van der Waals surface area (Å²) in [4.78, 5) is 38.7. The number of nitriles is 1. The van der Waals surface area contributed by atoms with Crippen LogP contribution in [0, 0.1) is 24.1 Å². The molecule has 36 heavy (non-hydrogen) atoms. The van der Waals surface area contributed by atoms with Gasteiger partial charge in [-0.15, -0.1) is 0 Å². The van der Waals surface area contributed by atoms with Crippen molar-refractivity contribution in [2.24, 2.45) is 7.05 Å². The number of rotatable bonds is 6. The molecule has 0 bridgehead atoms. The molecule has 12 heteroatoms. The summed E-state index contributed by atoms with van der Waals surface area (Å²) in [5, 5.41) is 26.0. The van der Waals surface area contributed by atoms with E-state index < -0.39 is 40.6 Å². The van der Waals surface area contributed by atoms with Crippen molar-refractivity contribution in [3.05, 3.63) is 93.3 Å². The minimum Gasteiger partial charge on any atom is -0.501 e. The Morgan fingerprint density at radius 2 is 2.06 bits per heavy atom. The maximum Gasteiger partial charge on any atom is 0.296 e. The molecule has 0 saturated heterocycles. The molecule has 3 heterocycles. The first kappa shape index (κ1) is 24.2. The van der Waals surface area contributed by atoms with E-state index in [1.807, 2.05) is 0 Å². The Labute approximate surface area is 203 Å². The highest BCUT2D eigenvalue weighted by Gasteiger charge is 2.32. The minimum absolute atomic E-state index is 0.0915. The van der Waals surface area contributed by atoms with Crippen molar-refractivity contribution in [2.75, 3.05) is 5.32 Å². The Balaban J connectivity index is 1.89. The molecule has 182 valence electrons. The van der Waals surface area contributed by atoms with Gasteiger partial charge in [0.2, 0.25) is 5.75 Å². The van der Waals surface area contributed by atoms with Gasteiger partial charge in [0, 0.05) is 31.3 Å². The molecule has 4 rings (SSSR count). The van der Waals surface area contributed by atoms with E-state index in [1.165, 1.54) is 50.1 Å². The van der Waals surface area contributed by atoms with E-state index in [0.29, 0.717) is 17.0 Å². The van der Waals surface area contributed by atoms with Gasteiger partial charge in [-0.3, -0.25) is 24.1 Å². The van der Waals surface area contributed by atoms with Crippen molar-refractivity contribution in [3.63, 3.8) is 0 Å². The number of halogens is 1. The zero-order valence-corrected chi connectivity index (χ0v) is 19.4. The van der Waals surface area contributed by atoms with Gasteiger partial charge in [0.15, 0.2) is 5.69 Å². The van der Waals surface area contributed by atoms with Gasteiger partial charge in [0.05, 0.1) is 29.2 Å². The van der Waals surface area contributed by atoms with Gasteiger partial charge in [0.1, 0.15) is 23.6 Å². The fourth-order valence-electron chi connectivity index (χ4n) is 3.92. The van der Waals surface area contributed by atoms with Crippen LogP contribution in [0.5, 0.6) is 5.75 Å². The van der Waals surface area contributed by atoms with Crippen LogP contribution < -0.4 is 10.9 Å². The normalized spacial score (nSPS) is 12.5. The lowest BCUT2D eigenvalue weighted by Crippen LogP contribution is -2.29. The van der Waals surface area contributed by atoms with Crippen molar-refractivity contribution in [1.82, 2.24) is 24.7 Å². The smallest absolute Gasteiger partial charge is 0.296 e. The molecule has 1 amide bonds. The van der Waals surface area contributed by atoms with Crippen molar-refractivity contribution < 1.29 is 18.8 Å². The highest BCUT2D eigenvalue weighted by Crippen LogP contribution is 2.38. The molecule has 3 aromatic heterocycles. The van der Waals surface area contributed by atoms with Crippen LogP contribution in [0.15, 0.2) is 52.4 Å². The third-order valence-corrected chi connectivity index (χ3v) is 5.70. The van der Waals surface area contributed by atoms with E-state index in [9.17, 15) is 24.3 Å². The molecule has 1 aromatic carbocycles. The first-order valence-corrected chi connectivity index (χ1v) is 10.7. The third-order valence-electron chi connectivity index (χ3n) is 5.70. The number of hydrogen-bond donors (Lipinski definition) is 2. The van der Waals surface area contributed by atoms with E-state index in [0.717, 1.165) is 4.57 Å². The molecule has 11 nitrogen and oxygen atoms in total. The van der Waals surface area contributed by atoms with Crippen LogP contribution in [0.2, 0.25) is 0 Å². The molecule has 0 radical (unpaired) electrons. The fourth-order valence-corrected chi connectivity index (χ4v) is 3.92. The van der Waals surface area contributed by atoms with Crippen LogP contribution in [-0.2, 0) is 7.05 Å². The standard InChI is InChI=1S/C24H20FN7O4/c1-12-8-28-18(10-27-12)19(17-6-15(25)5-4-14(17)7-26)13(2)22-31-20(21(33)24(35)32(22)3)23(34)30-16-9-29-36-11-16/h4-6,8-11,13,19,33H,1-3H3,(H,30,34)/t13-,19+/m1/s1. The summed E-state index contributed by atoms with van der Waals surface area (Å²) in [5.74, 6) is -3.69. The highest BCUT2D eigenvalue weighted by molar-refractivity contribution is 6.04. The number of nitrogens with one attached hydrogen (secondary N) is 1. The van der Waals surface area contributed by atoms with Gasteiger partial charge < -0.3 is 14.9 Å². The summed E-state index contributed by atoms with van der Waals surface area (Å²) < 4.78 is 20.1. The second kappa shape index (κ2) is 9.75. The monoisotopic (exact) mass is 489 g/mol. The average molecular weight is 489 g/mol. The largest absolute Gasteiger partial charge is 0.501 e. The number of carbonyl (C=O) groups excluding carboxylic acids is 1. The number of benzene rings is 1. The molecule has 2 N–H and O–H groups in total. The number of nitrogens with zero attached hydrogens (tertiary/aromatic N) is 6. The van der Waals surface area contributed by atoms with Crippen LogP contribution >= 0.6 is 0 Å². The number of carbonyl (C=O) groups is 1. The Bertz CT molecular complexity index is 1530. The molecule has 2 atom stereocenters. The molecule has 0 spiro atoms. The van der Waals surface area contributed by atoms with Gasteiger partial charge in [0.25, 0.3) is 11.5 Å². The van der Waals surface area contributed by atoms with Crippen LogP contribution in [0.1, 0.15) is 57.6 Å². The second-order valence-corrected chi connectivity index (χ2v) is 8.09. The first-order chi connectivity index (χ1) is 17.2. The number of aromatic hydroxyl groups is 1. The lowest BCUT2D eigenvalue weighted by Gasteiger charge is -2.26. The molecule has 4 aromatic rings. The summed E-state index contributed by atoms with van der Waals surface area (Å²) >= 11 is 0. The second-order valence-electron chi connectivity index (χ2n) is 8.09. The van der Waals surface area contributed by atoms with E-state index in [-0.39, 0.29) is 17.1 Å². The topological polar surface area (TPSA) is 160 Å². The summed E-state index contributed by atoms with van der Waals surface area (Å²) in [5.41, 5.74) is 0.361. The maximum absolute atomic E-state index is 14.3. The number of aromatic nitrogens is 5. The molecule has 0 saturated carbocycles. The molecule has 0 fully saturated rings. The van der Waals surface area contributed by atoms with Gasteiger partial charge >= 0.3 is 0 Å². The molecule has 0 aliphatic rings. The lowest BCUT2D eigenvalue weighted by atomic mass is 9.81. The zero-order valence-electron chi connectivity index (χ0n) is 19.4. The van der Waals surface area contributed by atoms with Crippen molar-refractivity contribution in [1.29, 1.82) is 5.26 Å². The van der Waals surface area contributed by atoms with Crippen LogP contribution in [0.4, 0.5) is 10.1 Å².